The van der Waals surface area contributed by atoms with Gasteiger partial charge >= 0.3 is 0 Å². The van der Waals surface area contributed by atoms with E-state index >= 15 is 0 Å². The molecule has 0 aliphatic carbocycles. The maximum absolute atomic E-state index is 7.14. The van der Waals surface area contributed by atoms with Crippen LogP contribution in [0.5, 0.6) is 11.5 Å². The molecule has 2 aromatic heterocycles. The maximum atomic E-state index is 7.14. The molecule has 4 heteroatoms. The average molecular weight is 590 g/mol. The largest absolute Gasteiger partial charge is 0.454 e. The van der Waals surface area contributed by atoms with E-state index in [-0.39, 0.29) is 0 Å². The topological polar surface area (TPSA) is 31.1 Å². The first-order valence-corrected chi connectivity index (χ1v) is 15.9. The molecule has 3 aliphatic heterocycles. The van der Waals surface area contributed by atoms with E-state index in [1.54, 1.807) is 0 Å². The van der Waals surface area contributed by atoms with Crippen LogP contribution >= 0.6 is 0 Å². The van der Waals surface area contributed by atoms with Crippen molar-refractivity contribution in [3.8, 4) is 17.2 Å². The molecule has 1 unspecified atom stereocenters. The predicted octanol–water partition coefficient (Wildman–Crippen LogP) is 9.65. The van der Waals surface area contributed by atoms with Crippen molar-refractivity contribution in [2.24, 2.45) is 0 Å². The zero-order valence-corrected chi connectivity index (χ0v) is 24.9. The van der Waals surface area contributed by atoms with Crippen LogP contribution in [0.3, 0.4) is 0 Å². The van der Waals surface area contributed by atoms with Gasteiger partial charge in [-0.1, -0.05) is 115 Å². The third kappa shape index (κ3) is 2.77. The van der Waals surface area contributed by atoms with Crippen LogP contribution in [0.4, 0.5) is 0 Å². The van der Waals surface area contributed by atoms with Crippen LogP contribution in [0.2, 0.25) is 0 Å². The number of aromatic nitrogens is 2. The van der Waals surface area contributed by atoms with Crippen LogP contribution in [0.25, 0.3) is 55.1 Å². The van der Waals surface area contributed by atoms with Gasteiger partial charge in [0.05, 0.1) is 33.2 Å². The summed E-state index contributed by atoms with van der Waals surface area (Å²) < 4.78 is 12.0. The number of para-hydroxylation sites is 5. The van der Waals surface area contributed by atoms with Crippen molar-refractivity contribution in [3.63, 3.8) is 0 Å². The Hall–Kier alpha value is -6.00. The highest BCUT2D eigenvalue weighted by Crippen LogP contribution is 2.61. The van der Waals surface area contributed by atoms with Crippen LogP contribution in [-0.2, 0) is 5.41 Å². The molecule has 1 N–H and O–H groups in total. The van der Waals surface area contributed by atoms with Crippen molar-refractivity contribution in [2.75, 3.05) is 6.54 Å². The monoisotopic (exact) mass is 589 g/mol. The fourth-order valence-electron chi connectivity index (χ4n) is 8.68. The molecule has 0 saturated carbocycles. The molecule has 216 valence electrons. The standard InChI is InChI=1S/C42H27N3O/c1-5-18-34-26(12-1)28-14-11-17-32-39(28)44(34)36-20-7-3-15-30(36)42(32)31-16-4-8-21-37(31)46-41-33(42)24-23-29-27-13-2-6-19-35(27)45(40(29)41)38-22-9-10-25-43-38/h1-24,43H,25H2. The molecule has 0 saturated heterocycles. The van der Waals surface area contributed by atoms with E-state index in [9.17, 15) is 0 Å². The molecule has 0 bridgehead atoms. The van der Waals surface area contributed by atoms with Crippen molar-refractivity contribution in [1.82, 2.24) is 14.5 Å². The normalized spacial score (nSPS) is 17.5. The molecule has 3 aliphatic rings. The van der Waals surface area contributed by atoms with Crippen molar-refractivity contribution < 1.29 is 4.74 Å². The molecule has 0 fully saturated rings. The van der Waals surface area contributed by atoms with Crippen LogP contribution in [0.1, 0.15) is 22.3 Å². The van der Waals surface area contributed by atoms with E-state index in [0.717, 1.165) is 40.5 Å². The van der Waals surface area contributed by atoms with Gasteiger partial charge < -0.3 is 14.6 Å². The number of dihydropyridines is 1. The van der Waals surface area contributed by atoms with Gasteiger partial charge in [0.25, 0.3) is 0 Å². The predicted molar refractivity (Wildman–Crippen MR) is 187 cm³/mol. The number of ether oxygens (including phenoxy) is 1. The Labute approximate surface area is 265 Å². The van der Waals surface area contributed by atoms with Crippen LogP contribution in [0, 0.1) is 0 Å². The van der Waals surface area contributed by atoms with Gasteiger partial charge in [-0.2, -0.15) is 0 Å². The third-order valence-corrected chi connectivity index (χ3v) is 10.4. The summed E-state index contributed by atoms with van der Waals surface area (Å²) in [7, 11) is 0. The number of hydrogen-bond donors (Lipinski definition) is 1. The summed E-state index contributed by atoms with van der Waals surface area (Å²) >= 11 is 0. The van der Waals surface area contributed by atoms with Gasteiger partial charge in [0, 0.05) is 39.2 Å². The van der Waals surface area contributed by atoms with Crippen molar-refractivity contribution in [3.05, 3.63) is 168 Å². The number of allylic oxidation sites excluding steroid dienone is 2. The van der Waals surface area contributed by atoms with Gasteiger partial charge in [-0.05, 0) is 41.5 Å². The van der Waals surface area contributed by atoms with E-state index in [1.807, 2.05) is 0 Å². The Kier molecular flexibility index (Phi) is 4.54. The van der Waals surface area contributed by atoms with Gasteiger partial charge in [-0.3, -0.25) is 4.57 Å². The molecule has 46 heavy (non-hydrogen) atoms. The summed E-state index contributed by atoms with van der Waals surface area (Å²) in [5, 5.41) is 8.57. The number of nitrogens with one attached hydrogen (secondary N) is 1. The lowest BCUT2D eigenvalue weighted by Gasteiger charge is -2.45. The van der Waals surface area contributed by atoms with E-state index in [4.69, 9.17) is 4.74 Å². The fourth-order valence-corrected chi connectivity index (χ4v) is 8.68. The smallest absolute Gasteiger partial charge is 0.156 e. The lowest BCUT2D eigenvalue weighted by molar-refractivity contribution is 0.438. The number of hydrogen-bond acceptors (Lipinski definition) is 2. The van der Waals surface area contributed by atoms with Gasteiger partial charge in [0.15, 0.2) is 5.75 Å². The molecular formula is C42H27N3O. The lowest BCUT2D eigenvalue weighted by atomic mass is 9.61. The fraction of sp³-hybridized carbons (Fsp3) is 0.0476. The van der Waals surface area contributed by atoms with Crippen LogP contribution in [-0.4, -0.2) is 15.7 Å². The molecule has 1 atom stereocenters. The second kappa shape index (κ2) is 8.58. The molecule has 4 nitrogen and oxygen atoms in total. The minimum absolute atomic E-state index is 0.603. The zero-order chi connectivity index (χ0) is 30.0. The summed E-state index contributed by atoms with van der Waals surface area (Å²) in [5.41, 5.74) is 10.2. The highest BCUT2D eigenvalue weighted by Gasteiger charge is 2.51. The van der Waals surface area contributed by atoms with Gasteiger partial charge in [0.1, 0.15) is 11.6 Å². The van der Waals surface area contributed by atoms with E-state index in [2.05, 4.69) is 160 Å². The Bertz CT molecular complexity index is 2690. The lowest BCUT2D eigenvalue weighted by Crippen LogP contribution is -2.38. The summed E-state index contributed by atoms with van der Waals surface area (Å²) in [4.78, 5) is 0. The molecule has 6 aromatic carbocycles. The van der Waals surface area contributed by atoms with Crippen LogP contribution < -0.4 is 10.1 Å². The van der Waals surface area contributed by atoms with Crippen molar-refractivity contribution >= 4 is 49.4 Å². The second-order valence-electron chi connectivity index (χ2n) is 12.5. The highest BCUT2D eigenvalue weighted by molar-refractivity contribution is 6.15. The Balaban J connectivity index is 1.38. The first-order chi connectivity index (χ1) is 22.9. The van der Waals surface area contributed by atoms with Crippen molar-refractivity contribution in [2.45, 2.75) is 5.41 Å². The van der Waals surface area contributed by atoms with E-state index in [0.29, 0.717) is 0 Å². The Morgan fingerprint density at radius 2 is 1.22 bits per heavy atom. The molecule has 11 rings (SSSR count). The quantitative estimate of drug-likeness (QED) is 0.207. The van der Waals surface area contributed by atoms with E-state index in [1.165, 1.54) is 55.0 Å². The molecule has 0 amide bonds. The van der Waals surface area contributed by atoms with E-state index < -0.39 is 5.41 Å². The Morgan fingerprint density at radius 3 is 2.04 bits per heavy atom. The zero-order valence-electron chi connectivity index (χ0n) is 24.9. The van der Waals surface area contributed by atoms with Gasteiger partial charge in [0.2, 0.25) is 0 Å². The van der Waals surface area contributed by atoms with Gasteiger partial charge in [-0.15, -0.1) is 0 Å². The number of nitrogens with zero attached hydrogens (tertiary/aromatic N) is 2. The molecular weight excluding hydrogens is 562 g/mol. The van der Waals surface area contributed by atoms with Crippen LogP contribution in [0.15, 0.2) is 146 Å². The van der Waals surface area contributed by atoms with Crippen molar-refractivity contribution in [1.29, 1.82) is 0 Å². The SMILES string of the molecule is C1=CCNC(n2c3ccccc3c3ccc4c(c32)Oc2ccccc2C42c3ccccc3-n3c4ccccc4c4cccc2c43)=C1. The molecule has 8 aromatic rings. The number of rotatable bonds is 1. The first kappa shape index (κ1) is 24.3. The average Bonchev–Trinajstić information content (AvgIpc) is 3.65. The molecule has 1 spiro atoms. The Morgan fingerprint density at radius 1 is 0.543 bits per heavy atom. The summed E-state index contributed by atoms with van der Waals surface area (Å²) in [6.45, 7) is 0.780. The number of fused-ring (bicyclic) bond motifs is 15. The number of benzene rings is 6. The summed E-state index contributed by atoms with van der Waals surface area (Å²) in [6, 6.07) is 46.6. The second-order valence-corrected chi connectivity index (χ2v) is 12.5. The maximum Gasteiger partial charge on any atom is 0.156 e. The summed E-state index contributed by atoms with van der Waals surface area (Å²) in [5.74, 6) is 2.84. The minimum atomic E-state index is -0.603. The van der Waals surface area contributed by atoms with Gasteiger partial charge in [-0.25, -0.2) is 0 Å². The highest BCUT2D eigenvalue weighted by atomic mass is 16.5. The molecule has 0 radical (unpaired) electrons. The third-order valence-electron chi connectivity index (χ3n) is 10.4. The molecule has 5 heterocycles. The summed E-state index contributed by atoms with van der Waals surface area (Å²) in [6.07, 6.45) is 6.44. The first-order valence-electron chi connectivity index (χ1n) is 15.9. The minimum Gasteiger partial charge on any atom is -0.454 e.